The zero-order chi connectivity index (χ0) is 18.6. The van der Waals surface area contributed by atoms with Gasteiger partial charge in [-0.3, -0.25) is 4.79 Å². The Morgan fingerprint density at radius 3 is 2.56 bits per heavy atom. The molecule has 142 valence electrons. The van der Waals surface area contributed by atoms with E-state index in [0.717, 1.165) is 44.2 Å². The summed E-state index contributed by atoms with van der Waals surface area (Å²) in [5.74, 6) is 1.46. The predicted octanol–water partition coefficient (Wildman–Crippen LogP) is -0.354. The minimum absolute atomic E-state index is 0.0474. The van der Waals surface area contributed by atoms with Crippen LogP contribution in [0.2, 0.25) is 0 Å². The largest absolute Gasteiger partial charge is 0.454 e. The molecule has 4 rings (SSSR count). The average Bonchev–Trinajstić information content (AvgIpc) is 3.13. The quantitative estimate of drug-likeness (QED) is 0.675. The third kappa shape index (κ3) is 4.40. The molecule has 2 aromatic rings. The van der Waals surface area contributed by atoms with Crippen molar-refractivity contribution in [1.82, 2.24) is 0 Å². The van der Waals surface area contributed by atoms with Crippen molar-refractivity contribution in [1.29, 1.82) is 0 Å². The van der Waals surface area contributed by atoms with Gasteiger partial charge in [0, 0.05) is 17.3 Å². The first-order valence-corrected chi connectivity index (χ1v) is 9.58. The number of carbonyl (C=O) groups is 1. The lowest BCUT2D eigenvalue weighted by molar-refractivity contribution is -1.02. The van der Waals surface area contributed by atoms with Crippen molar-refractivity contribution >= 4 is 11.6 Å². The van der Waals surface area contributed by atoms with E-state index in [1.165, 1.54) is 16.0 Å². The Hall–Kier alpha value is -2.57. The maximum Gasteiger partial charge on any atom is 0.279 e. The van der Waals surface area contributed by atoms with Crippen LogP contribution in [-0.4, -0.2) is 45.4 Å². The first-order chi connectivity index (χ1) is 13.2. The number of rotatable bonds is 5. The van der Waals surface area contributed by atoms with Crippen molar-refractivity contribution in [2.45, 2.75) is 13.5 Å². The van der Waals surface area contributed by atoms with Gasteiger partial charge >= 0.3 is 0 Å². The fourth-order valence-electron chi connectivity index (χ4n) is 3.79. The van der Waals surface area contributed by atoms with Crippen molar-refractivity contribution in [2.75, 3.05) is 44.8 Å². The number of nitrogens with one attached hydrogen (secondary N) is 3. The number of piperazine rings is 1. The molecule has 2 aliphatic heterocycles. The molecule has 6 heteroatoms. The Labute approximate surface area is 159 Å². The van der Waals surface area contributed by atoms with Crippen LogP contribution >= 0.6 is 0 Å². The van der Waals surface area contributed by atoms with Crippen LogP contribution in [0.15, 0.2) is 42.5 Å². The number of fused-ring (bicyclic) bond motifs is 1. The second kappa shape index (κ2) is 7.98. The second-order valence-electron chi connectivity index (χ2n) is 7.40. The molecule has 1 amide bonds. The van der Waals surface area contributed by atoms with E-state index in [-0.39, 0.29) is 12.7 Å². The smallest absolute Gasteiger partial charge is 0.279 e. The Kier molecular flexibility index (Phi) is 5.27. The monoisotopic (exact) mass is 369 g/mol. The fraction of sp³-hybridized carbons (Fsp3) is 0.381. The maximum atomic E-state index is 12.4. The van der Waals surface area contributed by atoms with Gasteiger partial charge in [-0.05, 0) is 24.6 Å². The third-order valence-corrected chi connectivity index (χ3v) is 5.43. The number of ether oxygens (including phenoxy) is 2. The molecule has 6 nitrogen and oxygen atoms in total. The number of benzene rings is 2. The van der Waals surface area contributed by atoms with Gasteiger partial charge in [-0.15, -0.1) is 0 Å². The highest BCUT2D eigenvalue weighted by Crippen LogP contribution is 2.34. The highest BCUT2D eigenvalue weighted by atomic mass is 16.7. The van der Waals surface area contributed by atoms with E-state index in [0.29, 0.717) is 12.3 Å². The lowest BCUT2D eigenvalue weighted by Crippen LogP contribution is -3.28. The molecule has 27 heavy (non-hydrogen) atoms. The molecule has 3 N–H and O–H groups in total. The average molecular weight is 369 g/mol. The van der Waals surface area contributed by atoms with Crippen LogP contribution in [0.1, 0.15) is 11.1 Å². The molecule has 2 aliphatic rings. The van der Waals surface area contributed by atoms with E-state index in [2.05, 4.69) is 36.5 Å². The number of hydrogen-bond acceptors (Lipinski definition) is 3. The Morgan fingerprint density at radius 2 is 1.74 bits per heavy atom. The molecule has 2 heterocycles. The summed E-state index contributed by atoms with van der Waals surface area (Å²) in [7, 11) is 0. The number of hydrogen-bond donors (Lipinski definition) is 3. The highest BCUT2D eigenvalue weighted by molar-refractivity contribution is 5.91. The molecule has 0 aromatic heterocycles. The molecule has 1 saturated heterocycles. The van der Waals surface area contributed by atoms with E-state index < -0.39 is 0 Å². The van der Waals surface area contributed by atoms with E-state index in [9.17, 15) is 4.79 Å². The SMILES string of the molecule is Cc1ccccc1C[NH+]1CC[NH+](CC(=O)Nc2ccc3c(c2)OCO3)CC1. The van der Waals surface area contributed by atoms with Crippen LogP contribution in [0.5, 0.6) is 11.5 Å². The van der Waals surface area contributed by atoms with Crippen molar-refractivity contribution in [2.24, 2.45) is 0 Å². The molecule has 0 spiro atoms. The van der Waals surface area contributed by atoms with Crippen LogP contribution < -0.4 is 24.6 Å². The topological polar surface area (TPSA) is 56.4 Å². The van der Waals surface area contributed by atoms with Gasteiger partial charge in [-0.1, -0.05) is 24.3 Å². The van der Waals surface area contributed by atoms with Gasteiger partial charge in [0.15, 0.2) is 18.0 Å². The molecular weight excluding hydrogens is 342 g/mol. The molecule has 2 aromatic carbocycles. The number of anilines is 1. The number of amides is 1. The van der Waals surface area contributed by atoms with Crippen LogP contribution in [0, 0.1) is 6.92 Å². The Bertz CT molecular complexity index is 816. The first-order valence-electron chi connectivity index (χ1n) is 9.58. The molecule has 0 bridgehead atoms. The molecule has 0 aliphatic carbocycles. The Morgan fingerprint density at radius 1 is 1.00 bits per heavy atom. The number of aryl methyl sites for hydroxylation is 1. The Balaban J connectivity index is 1.24. The van der Waals surface area contributed by atoms with Crippen LogP contribution in [0.4, 0.5) is 5.69 Å². The molecule has 0 unspecified atom stereocenters. The summed E-state index contributed by atoms with van der Waals surface area (Å²) >= 11 is 0. The van der Waals surface area contributed by atoms with E-state index in [1.54, 1.807) is 4.90 Å². The predicted molar refractivity (Wildman–Crippen MR) is 102 cm³/mol. The summed E-state index contributed by atoms with van der Waals surface area (Å²) in [6.45, 7) is 8.24. The summed E-state index contributed by atoms with van der Waals surface area (Å²) in [6.07, 6.45) is 0. The zero-order valence-electron chi connectivity index (χ0n) is 15.7. The third-order valence-electron chi connectivity index (χ3n) is 5.43. The van der Waals surface area contributed by atoms with Crippen molar-refractivity contribution in [3.63, 3.8) is 0 Å². The van der Waals surface area contributed by atoms with E-state index >= 15 is 0 Å². The van der Waals surface area contributed by atoms with Gasteiger partial charge in [0.05, 0.1) is 0 Å². The van der Waals surface area contributed by atoms with Crippen molar-refractivity contribution < 1.29 is 24.1 Å². The molecule has 0 saturated carbocycles. The van der Waals surface area contributed by atoms with Crippen LogP contribution in [0.3, 0.4) is 0 Å². The van der Waals surface area contributed by atoms with Gasteiger partial charge in [0.25, 0.3) is 5.91 Å². The van der Waals surface area contributed by atoms with Gasteiger partial charge in [-0.25, -0.2) is 0 Å². The first kappa shape index (κ1) is 17.8. The standard InChI is InChI=1S/C21H25N3O3/c1-16-4-2-3-5-17(16)13-23-8-10-24(11-9-23)14-21(25)22-18-6-7-19-20(12-18)27-15-26-19/h2-7,12H,8-11,13-15H2,1H3,(H,22,25)/p+2. The molecular formula is C21H27N3O3+2. The summed E-state index contributed by atoms with van der Waals surface area (Å²) in [6, 6.07) is 14.1. The minimum Gasteiger partial charge on any atom is -0.454 e. The highest BCUT2D eigenvalue weighted by Gasteiger charge is 2.25. The van der Waals surface area contributed by atoms with Crippen molar-refractivity contribution in [3.05, 3.63) is 53.6 Å². The molecule has 0 radical (unpaired) electrons. The van der Waals surface area contributed by atoms with Gasteiger partial charge in [0.2, 0.25) is 6.79 Å². The fourth-order valence-corrected chi connectivity index (χ4v) is 3.79. The van der Waals surface area contributed by atoms with Crippen LogP contribution in [-0.2, 0) is 11.3 Å². The molecule has 1 fully saturated rings. The van der Waals surface area contributed by atoms with Gasteiger partial charge in [-0.2, -0.15) is 0 Å². The summed E-state index contributed by atoms with van der Waals surface area (Å²) in [5, 5.41) is 2.98. The summed E-state index contributed by atoms with van der Waals surface area (Å²) in [4.78, 5) is 15.3. The van der Waals surface area contributed by atoms with Gasteiger partial charge in [0.1, 0.15) is 32.7 Å². The van der Waals surface area contributed by atoms with E-state index in [1.807, 2.05) is 18.2 Å². The number of quaternary nitrogens is 2. The minimum atomic E-state index is 0.0474. The lowest BCUT2D eigenvalue weighted by atomic mass is 10.1. The second-order valence-corrected chi connectivity index (χ2v) is 7.40. The summed E-state index contributed by atoms with van der Waals surface area (Å²) < 4.78 is 10.7. The van der Waals surface area contributed by atoms with Crippen LogP contribution in [0.25, 0.3) is 0 Å². The van der Waals surface area contributed by atoms with Crippen molar-refractivity contribution in [3.8, 4) is 11.5 Å². The lowest BCUT2D eigenvalue weighted by Gasteiger charge is -2.29. The van der Waals surface area contributed by atoms with E-state index in [4.69, 9.17) is 9.47 Å². The molecule has 0 atom stereocenters. The normalized spacial score (nSPS) is 21.1. The summed E-state index contributed by atoms with van der Waals surface area (Å²) in [5.41, 5.74) is 3.55. The number of carbonyl (C=O) groups excluding carboxylic acids is 1. The zero-order valence-corrected chi connectivity index (χ0v) is 15.7. The van der Waals surface area contributed by atoms with Gasteiger partial charge < -0.3 is 24.6 Å². The maximum absolute atomic E-state index is 12.4.